The molecule has 2 aromatic carbocycles. The van der Waals surface area contributed by atoms with Crippen molar-refractivity contribution < 1.29 is 9.53 Å². The maximum atomic E-state index is 12.6. The fraction of sp³-hybridized carbons (Fsp3) is 0.423. The molecule has 5 heteroatoms. The van der Waals surface area contributed by atoms with Crippen molar-refractivity contribution in [2.75, 3.05) is 52.4 Å². The first kappa shape index (κ1) is 21.6. The molecule has 164 valence electrons. The van der Waals surface area contributed by atoms with E-state index in [4.69, 9.17) is 4.74 Å². The molecular formula is C26H33N3O2. The van der Waals surface area contributed by atoms with Crippen LogP contribution in [-0.4, -0.2) is 73.0 Å². The van der Waals surface area contributed by atoms with Crippen LogP contribution < -0.4 is 4.74 Å². The van der Waals surface area contributed by atoms with E-state index in [1.807, 2.05) is 53.4 Å². The molecule has 0 N–H and O–H groups in total. The van der Waals surface area contributed by atoms with Gasteiger partial charge in [-0.3, -0.25) is 9.69 Å². The summed E-state index contributed by atoms with van der Waals surface area (Å²) in [5, 5.41) is 0. The first-order valence-electron chi connectivity index (χ1n) is 11.4. The Morgan fingerprint density at radius 1 is 0.806 bits per heavy atom. The van der Waals surface area contributed by atoms with Gasteiger partial charge in [-0.2, -0.15) is 0 Å². The van der Waals surface area contributed by atoms with E-state index in [1.54, 1.807) is 6.08 Å². The largest absolute Gasteiger partial charge is 0.489 e. The van der Waals surface area contributed by atoms with Gasteiger partial charge in [0.05, 0.1) is 0 Å². The number of piperazine rings is 1. The molecule has 0 atom stereocenters. The maximum absolute atomic E-state index is 12.6. The fourth-order valence-electron chi connectivity index (χ4n) is 4.17. The van der Waals surface area contributed by atoms with Crippen LogP contribution in [0.2, 0.25) is 0 Å². The van der Waals surface area contributed by atoms with Gasteiger partial charge < -0.3 is 14.5 Å². The predicted octanol–water partition coefficient (Wildman–Crippen LogP) is 3.52. The van der Waals surface area contributed by atoms with Gasteiger partial charge in [0.25, 0.3) is 0 Å². The van der Waals surface area contributed by atoms with E-state index in [1.165, 1.54) is 32.5 Å². The van der Waals surface area contributed by atoms with Crippen LogP contribution >= 0.6 is 0 Å². The summed E-state index contributed by atoms with van der Waals surface area (Å²) in [6, 6.07) is 18.0. The Labute approximate surface area is 185 Å². The molecule has 0 unspecified atom stereocenters. The molecule has 2 aromatic rings. The molecule has 0 aliphatic carbocycles. The van der Waals surface area contributed by atoms with E-state index in [0.717, 1.165) is 49.6 Å². The van der Waals surface area contributed by atoms with Crippen LogP contribution in [0.5, 0.6) is 5.75 Å². The minimum absolute atomic E-state index is 0.101. The SMILES string of the molecule is O=C(/C=C/c1ccc(OCc2ccccc2)cc1)N1CCN(CCN2CCCC2)CC1. The molecular weight excluding hydrogens is 386 g/mol. The summed E-state index contributed by atoms with van der Waals surface area (Å²) in [5.74, 6) is 0.931. The van der Waals surface area contributed by atoms with Gasteiger partial charge in [-0.25, -0.2) is 0 Å². The molecule has 0 saturated carbocycles. The molecule has 1 amide bonds. The summed E-state index contributed by atoms with van der Waals surface area (Å²) in [5.41, 5.74) is 2.15. The Morgan fingerprint density at radius 3 is 2.13 bits per heavy atom. The highest BCUT2D eigenvalue weighted by Crippen LogP contribution is 2.15. The van der Waals surface area contributed by atoms with Crippen LogP contribution in [-0.2, 0) is 11.4 Å². The van der Waals surface area contributed by atoms with Gasteiger partial charge in [0.2, 0.25) is 5.91 Å². The molecule has 4 rings (SSSR count). The molecule has 31 heavy (non-hydrogen) atoms. The van der Waals surface area contributed by atoms with Crippen LogP contribution in [0.3, 0.4) is 0 Å². The molecule has 0 aromatic heterocycles. The van der Waals surface area contributed by atoms with Gasteiger partial charge in [0, 0.05) is 45.3 Å². The third-order valence-corrected chi connectivity index (χ3v) is 6.16. The lowest BCUT2D eigenvalue weighted by Crippen LogP contribution is -2.49. The Balaban J connectivity index is 1.18. The molecule has 2 aliphatic rings. The standard InChI is InChI=1S/C26H33N3O2/c30-26(29-20-18-28(19-21-29)17-16-27-14-4-5-15-27)13-10-23-8-11-25(12-9-23)31-22-24-6-2-1-3-7-24/h1-3,6-13H,4-5,14-22H2/b13-10+. The zero-order chi connectivity index (χ0) is 21.3. The van der Waals surface area contributed by atoms with Crippen molar-refractivity contribution in [1.82, 2.24) is 14.7 Å². The lowest BCUT2D eigenvalue weighted by atomic mass is 10.2. The van der Waals surface area contributed by atoms with E-state index in [-0.39, 0.29) is 5.91 Å². The number of benzene rings is 2. The Morgan fingerprint density at radius 2 is 1.45 bits per heavy atom. The van der Waals surface area contributed by atoms with Gasteiger partial charge in [-0.15, -0.1) is 0 Å². The molecule has 2 aliphatic heterocycles. The van der Waals surface area contributed by atoms with Crippen molar-refractivity contribution in [3.63, 3.8) is 0 Å². The third-order valence-electron chi connectivity index (χ3n) is 6.16. The molecule has 0 radical (unpaired) electrons. The number of amides is 1. The van der Waals surface area contributed by atoms with Gasteiger partial charge in [0.15, 0.2) is 0 Å². The van der Waals surface area contributed by atoms with Crippen molar-refractivity contribution >= 4 is 12.0 Å². The number of carbonyl (C=O) groups is 1. The number of likely N-dealkylation sites (tertiary alicyclic amines) is 1. The normalized spacial score (nSPS) is 18.0. The van der Waals surface area contributed by atoms with Crippen molar-refractivity contribution in [2.45, 2.75) is 19.4 Å². The van der Waals surface area contributed by atoms with Crippen LogP contribution in [0.15, 0.2) is 60.7 Å². The first-order valence-corrected chi connectivity index (χ1v) is 11.4. The van der Waals surface area contributed by atoms with Crippen molar-refractivity contribution in [1.29, 1.82) is 0 Å². The van der Waals surface area contributed by atoms with E-state index in [2.05, 4.69) is 21.9 Å². The van der Waals surface area contributed by atoms with E-state index < -0.39 is 0 Å². The molecule has 0 bridgehead atoms. The quantitative estimate of drug-likeness (QED) is 0.614. The smallest absolute Gasteiger partial charge is 0.246 e. The highest BCUT2D eigenvalue weighted by molar-refractivity contribution is 5.91. The van der Waals surface area contributed by atoms with Crippen LogP contribution in [0, 0.1) is 0 Å². The summed E-state index contributed by atoms with van der Waals surface area (Å²) in [6.07, 6.45) is 6.28. The number of hydrogen-bond acceptors (Lipinski definition) is 4. The van der Waals surface area contributed by atoms with Crippen molar-refractivity contribution in [3.8, 4) is 5.75 Å². The number of rotatable bonds is 8. The average Bonchev–Trinajstić information content (AvgIpc) is 3.35. The molecule has 5 nitrogen and oxygen atoms in total. The summed E-state index contributed by atoms with van der Waals surface area (Å²) >= 11 is 0. The second-order valence-corrected chi connectivity index (χ2v) is 8.39. The summed E-state index contributed by atoms with van der Waals surface area (Å²) in [7, 11) is 0. The highest BCUT2D eigenvalue weighted by atomic mass is 16.5. The monoisotopic (exact) mass is 419 g/mol. The third kappa shape index (κ3) is 6.68. The van der Waals surface area contributed by atoms with Crippen LogP contribution in [0.25, 0.3) is 6.08 Å². The van der Waals surface area contributed by atoms with E-state index in [9.17, 15) is 4.79 Å². The number of hydrogen-bond donors (Lipinski definition) is 0. The number of carbonyl (C=O) groups excluding carboxylic acids is 1. The Hall–Kier alpha value is -2.63. The zero-order valence-electron chi connectivity index (χ0n) is 18.3. The predicted molar refractivity (Wildman–Crippen MR) is 125 cm³/mol. The summed E-state index contributed by atoms with van der Waals surface area (Å²) in [6.45, 7) is 8.92. The topological polar surface area (TPSA) is 36.0 Å². The van der Waals surface area contributed by atoms with E-state index in [0.29, 0.717) is 6.61 Å². The molecule has 0 spiro atoms. The maximum Gasteiger partial charge on any atom is 0.246 e. The fourth-order valence-corrected chi connectivity index (χ4v) is 4.17. The second-order valence-electron chi connectivity index (χ2n) is 8.39. The number of ether oxygens (including phenoxy) is 1. The van der Waals surface area contributed by atoms with Gasteiger partial charge in [0.1, 0.15) is 12.4 Å². The van der Waals surface area contributed by atoms with Crippen LogP contribution in [0.4, 0.5) is 0 Å². The van der Waals surface area contributed by atoms with Gasteiger partial charge >= 0.3 is 0 Å². The second kappa shape index (κ2) is 11.1. The Bertz CT molecular complexity index is 837. The summed E-state index contributed by atoms with van der Waals surface area (Å²) in [4.78, 5) is 19.6. The minimum atomic E-state index is 0.101. The Kier molecular flexibility index (Phi) is 7.75. The first-order chi connectivity index (χ1) is 15.3. The molecule has 2 fully saturated rings. The van der Waals surface area contributed by atoms with Gasteiger partial charge in [-0.1, -0.05) is 42.5 Å². The van der Waals surface area contributed by atoms with Crippen molar-refractivity contribution in [3.05, 3.63) is 71.8 Å². The van der Waals surface area contributed by atoms with E-state index >= 15 is 0 Å². The lowest BCUT2D eigenvalue weighted by Gasteiger charge is -2.35. The van der Waals surface area contributed by atoms with Gasteiger partial charge in [-0.05, 0) is 55.3 Å². The molecule has 2 heterocycles. The number of nitrogens with zero attached hydrogens (tertiary/aromatic N) is 3. The molecule has 2 saturated heterocycles. The summed E-state index contributed by atoms with van der Waals surface area (Å²) < 4.78 is 5.82. The minimum Gasteiger partial charge on any atom is -0.489 e. The highest BCUT2D eigenvalue weighted by Gasteiger charge is 2.20. The zero-order valence-corrected chi connectivity index (χ0v) is 18.3. The van der Waals surface area contributed by atoms with Crippen LogP contribution in [0.1, 0.15) is 24.0 Å². The average molecular weight is 420 g/mol. The lowest BCUT2D eigenvalue weighted by molar-refractivity contribution is -0.127. The van der Waals surface area contributed by atoms with Crippen molar-refractivity contribution in [2.24, 2.45) is 0 Å².